The molecule has 1 unspecified atom stereocenters. The smallest absolute Gasteiger partial charge is 0.321 e. The van der Waals surface area contributed by atoms with E-state index in [9.17, 15) is 9.90 Å². The Morgan fingerprint density at radius 3 is 2.42 bits per heavy atom. The molecule has 2 atom stereocenters. The van der Waals surface area contributed by atoms with Crippen molar-refractivity contribution in [1.82, 2.24) is 5.32 Å². The van der Waals surface area contributed by atoms with E-state index in [2.05, 4.69) is 5.32 Å². The van der Waals surface area contributed by atoms with Gasteiger partial charge in [-0.2, -0.15) is 0 Å². The predicted molar refractivity (Wildman–Crippen MR) is 99.0 cm³/mol. The maximum Gasteiger partial charge on any atom is 0.321 e. The first-order valence-electron chi connectivity index (χ1n) is 7.96. The average Bonchev–Trinajstić information content (AvgIpc) is 2.56. The molecule has 2 aromatic rings. The molecule has 2 aromatic carbocycles. The van der Waals surface area contributed by atoms with Crippen LogP contribution in [0.2, 0.25) is 10.0 Å². The Balaban J connectivity index is 2.06. The third kappa shape index (κ3) is 5.52. The largest absolute Gasteiger partial charge is 0.480 e. The number of nitrogens with one attached hydrogen (secondary N) is 1. The van der Waals surface area contributed by atoms with Gasteiger partial charge in [-0.25, -0.2) is 0 Å². The molecule has 0 spiro atoms. The van der Waals surface area contributed by atoms with E-state index >= 15 is 0 Å². The van der Waals surface area contributed by atoms with Gasteiger partial charge in [0.15, 0.2) is 0 Å². The van der Waals surface area contributed by atoms with E-state index in [0.717, 1.165) is 17.5 Å². The summed E-state index contributed by atoms with van der Waals surface area (Å²) in [7, 11) is 0. The zero-order valence-electron chi connectivity index (χ0n) is 13.5. The molecule has 2 N–H and O–H groups in total. The van der Waals surface area contributed by atoms with Crippen LogP contribution < -0.4 is 5.32 Å². The van der Waals surface area contributed by atoms with Crippen LogP contribution in [0, 0.1) is 0 Å². The van der Waals surface area contributed by atoms with Gasteiger partial charge in [0.1, 0.15) is 6.04 Å². The number of hydrogen-bond acceptors (Lipinski definition) is 2. The van der Waals surface area contributed by atoms with Crippen LogP contribution in [0.3, 0.4) is 0 Å². The number of hydrogen-bond donors (Lipinski definition) is 2. The van der Waals surface area contributed by atoms with Gasteiger partial charge in [0, 0.05) is 16.1 Å². The van der Waals surface area contributed by atoms with E-state index in [1.807, 2.05) is 43.3 Å². The monoisotopic (exact) mass is 365 g/mol. The molecule has 0 fully saturated rings. The zero-order chi connectivity index (χ0) is 17.5. The lowest BCUT2D eigenvalue weighted by molar-refractivity contribution is -0.139. The Morgan fingerprint density at radius 2 is 1.83 bits per heavy atom. The first kappa shape index (κ1) is 18.8. The van der Waals surface area contributed by atoms with Crippen LogP contribution in [0.5, 0.6) is 0 Å². The van der Waals surface area contributed by atoms with Crippen molar-refractivity contribution in [2.45, 2.75) is 38.3 Å². The number of carboxylic acid groups (broad SMARTS) is 1. The molecule has 0 aliphatic carbocycles. The second-order valence-corrected chi connectivity index (χ2v) is 6.64. The van der Waals surface area contributed by atoms with Crippen molar-refractivity contribution in [1.29, 1.82) is 0 Å². The Kier molecular flexibility index (Phi) is 7.10. The molecule has 3 nitrogen and oxygen atoms in total. The summed E-state index contributed by atoms with van der Waals surface area (Å²) in [5.74, 6) is -0.848. The molecule has 0 saturated carbocycles. The fourth-order valence-electron chi connectivity index (χ4n) is 2.63. The highest BCUT2D eigenvalue weighted by Crippen LogP contribution is 2.22. The summed E-state index contributed by atoms with van der Waals surface area (Å²) < 4.78 is 0. The summed E-state index contributed by atoms with van der Waals surface area (Å²) >= 11 is 12.2. The van der Waals surface area contributed by atoms with Crippen molar-refractivity contribution in [2.24, 2.45) is 0 Å². The molecule has 2 rings (SSSR count). The molecule has 5 heteroatoms. The summed E-state index contributed by atoms with van der Waals surface area (Å²) in [6.45, 7) is 2.03. The third-order valence-corrected chi connectivity index (χ3v) is 4.58. The maximum atomic E-state index is 11.6. The fourth-order valence-corrected chi connectivity index (χ4v) is 3.11. The molecule has 0 aliphatic heterocycles. The van der Waals surface area contributed by atoms with Crippen molar-refractivity contribution in [3.63, 3.8) is 0 Å². The Labute approximate surface area is 152 Å². The third-order valence-electron chi connectivity index (χ3n) is 3.99. The SMILES string of the molecule is CCC(Cc1ccc(Cl)cc1Cl)N[C@H](Cc1ccccc1)C(=O)O. The van der Waals surface area contributed by atoms with Crippen LogP contribution in [0.1, 0.15) is 24.5 Å². The van der Waals surface area contributed by atoms with E-state index in [1.54, 1.807) is 12.1 Å². The molecular weight excluding hydrogens is 345 g/mol. The molecule has 24 heavy (non-hydrogen) atoms. The molecule has 0 aromatic heterocycles. The van der Waals surface area contributed by atoms with E-state index < -0.39 is 12.0 Å². The topological polar surface area (TPSA) is 49.3 Å². The number of benzene rings is 2. The number of carbonyl (C=O) groups is 1. The molecule has 0 radical (unpaired) electrons. The average molecular weight is 366 g/mol. The van der Waals surface area contributed by atoms with Crippen LogP contribution in [-0.2, 0) is 17.6 Å². The van der Waals surface area contributed by atoms with Crippen LogP contribution in [0.25, 0.3) is 0 Å². The van der Waals surface area contributed by atoms with Gasteiger partial charge in [-0.1, -0.05) is 66.5 Å². The van der Waals surface area contributed by atoms with Gasteiger partial charge in [0.05, 0.1) is 0 Å². The number of aliphatic carboxylic acids is 1. The van der Waals surface area contributed by atoms with Crippen LogP contribution >= 0.6 is 23.2 Å². The highest BCUT2D eigenvalue weighted by atomic mass is 35.5. The van der Waals surface area contributed by atoms with Gasteiger partial charge in [-0.15, -0.1) is 0 Å². The zero-order valence-corrected chi connectivity index (χ0v) is 15.0. The Bertz CT molecular complexity index is 676. The van der Waals surface area contributed by atoms with Crippen LogP contribution in [-0.4, -0.2) is 23.2 Å². The molecule has 0 amide bonds. The minimum Gasteiger partial charge on any atom is -0.480 e. The van der Waals surface area contributed by atoms with E-state index in [-0.39, 0.29) is 6.04 Å². The molecule has 0 aliphatic rings. The summed E-state index contributed by atoms with van der Waals surface area (Å²) in [4.78, 5) is 11.6. The van der Waals surface area contributed by atoms with E-state index in [0.29, 0.717) is 22.9 Å². The van der Waals surface area contributed by atoms with Crippen LogP contribution in [0.15, 0.2) is 48.5 Å². The quantitative estimate of drug-likeness (QED) is 0.718. The first-order chi connectivity index (χ1) is 11.5. The number of carboxylic acids is 1. The van der Waals surface area contributed by atoms with Crippen molar-refractivity contribution >= 4 is 29.2 Å². The Morgan fingerprint density at radius 1 is 1.12 bits per heavy atom. The van der Waals surface area contributed by atoms with Gasteiger partial charge >= 0.3 is 5.97 Å². The second kappa shape index (κ2) is 9.07. The van der Waals surface area contributed by atoms with Crippen molar-refractivity contribution < 1.29 is 9.90 Å². The lowest BCUT2D eigenvalue weighted by Gasteiger charge is -2.23. The molecule has 128 valence electrons. The van der Waals surface area contributed by atoms with E-state index in [4.69, 9.17) is 23.2 Å². The number of halogens is 2. The van der Waals surface area contributed by atoms with Crippen molar-refractivity contribution in [2.75, 3.05) is 0 Å². The van der Waals surface area contributed by atoms with E-state index in [1.165, 1.54) is 0 Å². The van der Waals surface area contributed by atoms with Crippen LogP contribution in [0.4, 0.5) is 0 Å². The highest BCUT2D eigenvalue weighted by Gasteiger charge is 2.22. The standard InChI is InChI=1S/C19H21Cl2NO2/c1-2-16(11-14-8-9-15(20)12-17(14)21)22-18(19(23)24)10-13-6-4-3-5-7-13/h3-9,12,16,18,22H,2,10-11H2,1H3,(H,23,24)/t16?,18-/m1/s1. The summed E-state index contributed by atoms with van der Waals surface area (Å²) in [5.41, 5.74) is 1.96. The lowest BCUT2D eigenvalue weighted by atomic mass is 10.0. The van der Waals surface area contributed by atoms with Crippen molar-refractivity contribution in [3.05, 3.63) is 69.7 Å². The van der Waals surface area contributed by atoms with Gasteiger partial charge in [0.25, 0.3) is 0 Å². The molecule has 0 heterocycles. The Hall–Kier alpha value is -1.55. The predicted octanol–water partition coefficient (Wildman–Crippen LogP) is 4.60. The van der Waals surface area contributed by atoms with Gasteiger partial charge in [-0.05, 0) is 42.5 Å². The molecule has 0 bridgehead atoms. The fraction of sp³-hybridized carbons (Fsp3) is 0.316. The maximum absolute atomic E-state index is 11.6. The second-order valence-electron chi connectivity index (χ2n) is 5.79. The molecule has 0 saturated heterocycles. The van der Waals surface area contributed by atoms with Gasteiger partial charge in [-0.3, -0.25) is 4.79 Å². The minimum absolute atomic E-state index is 0.0217. The van der Waals surface area contributed by atoms with Gasteiger partial charge < -0.3 is 10.4 Å². The minimum atomic E-state index is -0.848. The summed E-state index contributed by atoms with van der Waals surface area (Å²) in [6, 6.07) is 14.4. The number of rotatable bonds is 8. The summed E-state index contributed by atoms with van der Waals surface area (Å²) in [6.07, 6.45) is 1.91. The highest BCUT2D eigenvalue weighted by molar-refractivity contribution is 6.35. The lowest BCUT2D eigenvalue weighted by Crippen LogP contribution is -2.45. The van der Waals surface area contributed by atoms with Crippen molar-refractivity contribution in [3.8, 4) is 0 Å². The normalized spacial score (nSPS) is 13.5. The van der Waals surface area contributed by atoms with Gasteiger partial charge in [0.2, 0.25) is 0 Å². The molecular formula is C19H21Cl2NO2. The first-order valence-corrected chi connectivity index (χ1v) is 8.72. The summed E-state index contributed by atoms with van der Waals surface area (Å²) in [5, 5.41) is 14.0.